The van der Waals surface area contributed by atoms with Crippen LogP contribution in [0.25, 0.3) is 15.9 Å². The summed E-state index contributed by atoms with van der Waals surface area (Å²) in [5.41, 5.74) is 1.63. The molecule has 0 saturated carbocycles. The van der Waals surface area contributed by atoms with Gasteiger partial charge in [-0.15, -0.1) is 5.10 Å². The fourth-order valence-electron chi connectivity index (χ4n) is 2.70. The van der Waals surface area contributed by atoms with E-state index in [0.29, 0.717) is 27.5 Å². The largest absolute Gasteiger partial charge is 0.376 e. The fraction of sp³-hybridized carbons (Fsp3) is 0.400. The monoisotopic (exact) mass is 316 g/mol. The van der Waals surface area contributed by atoms with E-state index in [9.17, 15) is 4.79 Å². The first kappa shape index (κ1) is 13.7. The summed E-state index contributed by atoms with van der Waals surface area (Å²) in [6, 6.07) is 5.70. The molecule has 1 aliphatic heterocycles. The number of hydrogen-bond donors (Lipinski definition) is 1. The maximum absolute atomic E-state index is 12.5. The van der Waals surface area contributed by atoms with Gasteiger partial charge < -0.3 is 10.1 Å². The molecule has 1 N–H and O–H groups in total. The van der Waals surface area contributed by atoms with Gasteiger partial charge in [0.05, 0.1) is 17.0 Å². The van der Waals surface area contributed by atoms with Crippen LogP contribution in [0.4, 0.5) is 5.13 Å². The minimum atomic E-state index is -0.120. The minimum Gasteiger partial charge on any atom is -0.376 e. The van der Waals surface area contributed by atoms with Gasteiger partial charge in [-0.2, -0.15) is 4.52 Å². The summed E-state index contributed by atoms with van der Waals surface area (Å²) < 4.78 is 6.96. The fourth-order valence-corrected chi connectivity index (χ4v) is 3.51. The predicted molar refractivity (Wildman–Crippen MR) is 86.8 cm³/mol. The van der Waals surface area contributed by atoms with Crippen LogP contribution in [0.2, 0.25) is 0 Å². The molecule has 22 heavy (non-hydrogen) atoms. The summed E-state index contributed by atoms with van der Waals surface area (Å²) in [4.78, 5) is 17.7. The lowest BCUT2D eigenvalue weighted by atomic mass is 10.2. The Morgan fingerprint density at radius 3 is 3.23 bits per heavy atom. The molecule has 1 aromatic carbocycles. The number of rotatable bonds is 3. The number of benzene rings is 1. The van der Waals surface area contributed by atoms with E-state index in [4.69, 9.17) is 4.74 Å². The number of fused-ring (bicyclic) bond motifs is 2. The Morgan fingerprint density at radius 1 is 1.50 bits per heavy atom. The average molecular weight is 316 g/mol. The number of hydrogen-bond acceptors (Lipinski definition) is 6. The lowest BCUT2D eigenvalue weighted by Gasteiger charge is -2.08. The van der Waals surface area contributed by atoms with Crippen molar-refractivity contribution < 1.29 is 4.74 Å². The number of aromatic nitrogens is 3. The Balaban J connectivity index is 1.71. The van der Waals surface area contributed by atoms with E-state index in [1.54, 1.807) is 0 Å². The van der Waals surface area contributed by atoms with Crippen LogP contribution >= 0.6 is 11.3 Å². The molecule has 3 aromatic rings. The van der Waals surface area contributed by atoms with Crippen LogP contribution in [-0.4, -0.2) is 33.9 Å². The number of nitrogens with zero attached hydrogens (tertiary/aromatic N) is 3. The number of nitrogens with one attached hydrogen (secondary N) is 1. The third kappa shape index (κ3) is 2.36. The molecular weight excluding hydrogens is 300 g/mol. The molecule has 0 radical (unpaired) electrons. The van der Waals surface area contributed by atoms with Crippen LogP contribution in [0.5, 0.6) is 0 Å². The topological polar surface area (TPSA) is 68.5 Å². The van der Waals surface area contributed by atoms with Crippen molar-refractivity contribution in [3.63, 3.8) is 0 Å². The van der Waals surface area contributed by atoms with Crippen molar-refractivity contribution in [2.75, 3.05) is 18.5 Å². The van der Waals surface area contributed by atoms with Crippen LogP contribution in [0, 0.1) is 6.92 Å². The Hall–Kier alpha value is -1.99. The smallest absolute Gasteiger partial charge is 0.283 e. The summed E-state index contributed by atoms with van der Waals surface area (Å²) in [7, 11) is 0. The molecule has 0 bridgehead atoms. The minimum absolute atomic E-state index is 0.120. The maximum atomic E-state index is 12.5. The van der Waals surface area contributed by atoms with Crippen molar-refractivity contribution >= 4 is 32.3 Å². The van der Waals surface area contributed by atoms with Crippen LogP contribution in [0.3, 0.4) is 0 Å². The molecule has 3 heterocycles. The molecule has 4 rings (SSSR count). The van der Waals surface area contributed by atoms with Gasteiger partial charge in [-0.25, -0.2) is 4.98 Å². The highest BCUT2D eigenvalue weighted by Crippen LogP contribution is 2.20. The zero-order chi connectivity index (χ0) is 15.1. The first-order valence-corrected chi connectivity index (χ1v) is 8.18. The highest BCUT2D eigenvalue weighted by atomic mass is 32.1. The Morgan fingerprint density at radius 2 is 2.41 bits per heavy atom. The van der Waals surface area contributed by atoms with Crippen LogP contribution in [0.1, 0.15) is 18.4 Å². The first-order valence-electron chi connectivity index (χ1n) is 7.36. The zero-order valence-electron chi connectivity index (χ0n) is 12.2. The van der Waals surface area contributed by atoms with Crippen molar-refractivity contribution in [2.45, 2.75) is 25.9 Å². The van der Waals surface area contributed by atoms with Crippen molar-refractivity contribution in [1.82, 2.24) is 14.6 Å². The van der Waals surface area contributed by atoms with Gasteiger partial charge in [0.25, 0.3) is 5.56 Å². The van der Waals surface area contributed by atoms with E-state index in [2.05, 4.69) is 15.4 Å². The van der Waals surface area contributed by atoms with Crippen molar-refractivity contribution in [3.05, 3.63) is 34.1 Å². The highest BCUT2D eigenvalue weighted by Gasteiger charge is 2.16. The van der Waals surface area contributed by atoms with E-state index < -0.39 is 0 Å². The van der Waals surface area contributed by atoms with Gasteiger partial charge >= 0.3 is 0 Å². The van der Waals surface area contributed by atoms with E-state index in [1.165, 1.54) is 15.9 Å². The lowest BCUT2D eigenvalue weighted by Crippen LogP contribution is -2.19. The second-order valence-corrected chi connectivity index (χ2v) is 6.51. The molecule has 2 aromatic heterocycles. The zero-order valence-corrected chi connectivity index (χ0v) is 13.0. The summed E-state index contributed by atoms with van der Waals surface area (Å²) >= 11 is 1.39. The standard InChI is InChI=1S/C15H16N4O2S/c1-9-4-5-12-11(7-9)13(20)19-15(17-12)22-14(18-19)16-8-10-3-2-6-21-10/h4-5,7,10H,2-3,6,8H2,1H3,(H,16,18)/t10-/m0/s1. The maximum Gasteiger partial charge on any atom is 0.283 e. The number of aryl methyl sites for hydroxylation is 1. The van der Waals surface area contributed by atoms with Gasteiger partial charge in [-0.05, 0) is 31.9 Å². The Labute approximate surface area is 130 Å². The van der Waals surface area contributed by atoms with E-state index >= 15 is 0 Å². The van der Waals surface area contributed by atoms with Gasteiger partial charge in [0.1, 0.15) is 0 Å². The summed E-state index contributed by atoms with van der Waals surface area (Å²) in [5, 5.41) is 8.90. The lowest BCUT2D eigenvalue weighted by molar-refractivity contribution is 0.120. The van der Waals surface area contributed by atoms with Gasteiger partial charge in [-0.1, -0.05) is 23.0 Å². The molecule has 1 atom stereocenters. The summed E-state index contributed by atoms with van der Waals surface area (Å²) in [6.45, 7) is 3.51. The number of ether oxygens (including phenoxy) is 1. The molecule has 114 valence electrons. The molecule has 7 heteroatoms. The Kier molecular flexibility index (Phi) is 3.31. The molecule has 0 unspecified atom stereocenters. The SMILES string of the molecule is Cc1ccc2nc3sc(NC[C@@H]4CCCO4)nn3c(=O)c2c1. The van der Waals surface area contributed by atoms with Gasteiger partial charge in [-0.3, -0.25) is 4.79 Å². The van der Waals surface area contributed by atoms with Crippen molar-refractivity contribution in [3.8, 4) is 0 Å². The van der Waals surface area contributed by atoms with Crippen molar-refractivity contribution in [1.29, 1.82) is 0 Å². The van der Waals surface area contributed by atoms with Crippen molar-refractivity contribution in [2.24, 2.45) is 0 Å². The molecule has 0 spiro atoms. The second kappa shape index (κ2) is 5.33. The molecular formula is C15H16N4O2S. The molecule has 0 amide bonds. The first-order chi connectivity index (χ1) is 10.7. The third-order valence-corrected chi connectivity index (χ3v) is 4.72. The molecule has 1 fully saturated rings. The van der Waals surface area contributed by atoms with E-state index in [-0.39, 0.29) is 11.7 Å². The molecule has 0 aliphatic carbocycles. The van der Waals surface area contributed by atoms with E-state index in [0.717, 1.165) is 25.0 Å². The van der Waals surface area contributed by atoms with Gasteiger partial charge in [0, 0.05) is 13.2 Å². The second-order valence-electron chi connectivity index (χ2n) is 5.56. The average Bonchev–Trinajstić information content (AvgIpc) is 3.15. The van der Waals surface area contributed by atoms with E-state index in [1.807, 2.05) is 25.1 Å². The molecule has 6 nitrogen and oxygen atoms in total. The third-order valence-electron chi connectivity index (χ3n) is 3.86. The number of anilines is 1. The predicted octanol–water partition coefficient (Wildman–Crippen LogP) is 2.20. The van der Waals surface area contributed by atoms with Gasteiger partial charge in [0.2, 0.25) is 10.1 Å². The summed E-state index contributed by atoms with van der Waals surface area (Å²) in [6.07, 6.45) is 2.41. The molecule has 1 aliphatic rings. The van der Waals surface area contributed by atoms with Crippen LogP contribution in [-0.2, 0) is 4.74 Å². The van der Waals surface area contributed by atoms with Crippen LogP contribution < -0.4 is 10.9 Å². The molecule has 1 saturated heterocycles. The quantitative estimate of drug-likeness (QED) is 0.802. The summed E-state index contributed by atoms with van der Waals surface area (Å²) in [5.74, 6) is 0. The highest BCUT2D eigenvalue weighted by molar-refractivity contribution is 7.20. The Bertz CT molecular complexity index is 896. The van der Waals surface area contributed by atoms with Gasteiger partial charge in [0.15, 0.2) is 0 Å². The normalized spacial score (nSPS) is 18.3. The van der Waals surface area contributed by atoms with Crippen LogP contribution in [0.15, 0.2) is 23.0 Å².